The summed E-state index contributed by atoms with van der Waals surface area (Å²) in [6.45, 7) is 1.98. The van der Waals surface area contributed by atoms with Crippen LogP contribution in [0.4, 0.5) is 5.82 Å². The van der Waals surface area contributed by atoms with E-state index in [2.05, 4.69) is 10.3 Å². The number of aromatic nitrogens is 2. The molecule has 0 unspecified atom stereocenters. The summed E-state index contributed by atoms with van der Waals surface area (Å²) in [5.74, 6) is 1.75. The van der Waals surface area contributed by atoms with Crippen LogP contribution in [0.15, 0.2) is 28.2 Å². The van der Waals surface area contributed by atoms with Crippen molar-refractivity contribution < 1.29 is 14.3 Å². The predicted octanol–water partition coefficient (Wildman–Crippen LogP) is 2.38. The van der Waals surface area contributed by atoms with Crippen molar-refractivity contribution >= 4 is 23.5 Å². The molecule has 8 heteroatoms. The maximum atomic E-state index is 12.8. The Hall–Kier alpha value is -2.48. The van der Waals surface area contributed by atoms with Crippen LogP contribution in [-0.2, 0) is 11.8 Å². The Morgan fingerprint density at radius 3 is 2.73 bits per heavy atom. The second kappa shape index (κ2) is 7.41. The Balaban J connectivity index is 2.24. The summed E-state index contributed by atoms with van der Waals surface area (Å²) in [7, 11) is 4.90. The van der Waals surface area contributed by atoms with Crippen LogP contribution < -0.4 is 20.3 Å². The van der Waals surface area contributed by atoms with Gasteiger partial charge in [0.05, 0.1) is 19.8 Å². The van der Waals surface area contributed by atoms with E-state index in [1.54, 1.807) is 31.9 Å². The average Bonchev–Trinajstić information content (AvgIpc) is 2.64. The molecule has 26 heavy (non-hydrogen) atoms. The number of fused-ring (bicyclic) bond motifs is 1. The van der Waals surface area contributed by atoms with Crippen LogP contribution in [-0.4, -0.2) is 35.4 Å². The minimum absolute atomic E-state index is 0.147. The fourth-order valence-corrected chi connectivity index (χ4v) is 3.94. The maximum Gasteiger partial charge on any atom is 0.279 e. The second-order valence-corrected chi connectivity index (χ2v) is 7.07. The molecule has 1 atom stereocenters. The van der Waals surface area contributed by atoms with E-state index in [1.165, 1.54) is 11.8 Å². The van der Waals surface area contributed by atoms with Gasteiger partial charge in [-0.15, -0.1) is 0 Å². The first-order valence-corrected chi connectivity index (χ1v) is 9.24. The van der Waals surface area contributed by atoms with Crippen LogP contribution in [0.1, 0.15) is 30.4 Å². The van der Waals surface area contributed by atoms with Gasteiger partial charge in [-0.05, 0) is 11.8 Å². The van der Waals surface area contributed by atoms with Gasteiger partial charge in [0, 0.05) is 24.9 Å². The van der Waals surface area contributed by atoms with Gasteiger partial charge < -0.3 is 19.4 Å². The first-order valence-electron chi connectivity index (χ1n) is 8.26. The molecule has 2 heterocycles. The van der Waals surface area contributed by atoms with Gasteiger partial charge in [0.2, 0.25) is 5.91 Å². The highest BCUT2D eigenvalue weighted by molar-refractivity contribution is 7.99. The van der Waals surface area contributed by atoms with Gasteiger partial charge in [-0.3, -0.25) is 9.59 Å². The molecule has 1 aliphatic heterocycles. The summed E-state index contributed by atoms with van der Waals surface area (Å²) >= 11 is 1.46. The van der Waals surface area contributed by atoms with Gasteiger partial charge in [-0.1, -0.05) is 30.8 Å². The van der Waals surface area contributed by atoms with Crippen molar-refractivity contribution in [3.63, 3.8) is 0 Å². The van der Waals surface area contributed by atoms with E-state index in [-0.39, 0.29) is 17.9 Å². The van der Waals surface area contributed by atoms with Crippen molar-refractivity contribution in [1.82, 2.24) is 9.55 Å². The van der Waals surface area contributed by atoms with Crippen LogP contribution >= 0.6 is 11.8 Å². The largest absolute Gasteiger partial charge is 0.493 e. The van der Waals surface area contributed by atoms with Crippen molar-refractivity contribution in [2.24, 2.45) is 7.05 Å². The number of nitrogens with zero attached hydrogens (tertiary/aromatic N) is 2. The molecule has 0 fully saturated rings. The minimum atomic E-state index is -0.448. The fraction of sp³-hybridized carbons (Fsp3) is 0.389. The standard InChI is InChI=1S/C18H21N3O4S/c1-5-26-18-20-17(23)14-11(9-13(22)19-16(14)21(18)2)10-7-6-8-12(24-3)15(10)25-4/h6-8,11H,5,9H2,1-4H3,(H,19,22)/t11-/m0/s1. The van der Waals surface area contributed by atoms with Gasteiger partial charge in [-0.25, -0.2) is 0 Å². The third-order valence-electron chi connectivity index (χ3n) is 4.38. The molecule has 0 spiro atoms. The van der Waals surface area contributed by atoms with Gasteiger partial charge in [0.1, 0.15) is 5.82 Å². The van der Waals surface area contributed by atoms with Crippen molar-refractivity contribution in [2.45, 2.75) is 24.4 Å². The minimum Gasteiger partial charge on any atom is -0.493 e. The maximum absolute atomic E-state index is 12.8. The lowest BCUT2D eigenvalue weighted by atomic mass is 9.86. The summed E-state index contributed by atoms with van der Waals surface area (Å²) in [5, 5.41) is 3.41. The fourth-order valence-electron chi connectivity index (χ4n) is 3.25. The van der Waals surface area contributed by atoms with E-state index in [0.29, 0.717) is 28.0 Å². The van der Waals surface area contributed by atoms with Crippen molar-refractivity contribution in [3.05, 3.63) is 39.7 Å². The van der Waals surface area contributed by atoms with Gasteiger partial charge in [0.25, 0.3) is 5.56 Å². The molecular formula is C18H21N3O4S. The molecule has 1 N–H and O–H groups in total. The molecule has 0 saturated heterocycles. The molecule has 1 aromatic heterocycles. The molecule has 1 aliphatic rings. The quantitative estimate of drug-likeness (QED) is 0.638. The molecular weight excluding hydrogens is 354 g/mol. The first kappa shape index (κ1) is 18.3. The van der Waals surface area contributed by atoms with Crippen LogP contribution in [0.2, 0.25) is 0 Å². The van der Waals surface area contributed by atoms with Crippen LogP contribution in [0.25, 0.3) is 0 Å². The van der Waals surface area contributed by atoms with Crippen molar-refractivity contribution in [1.29, 1.82) is 0 Å². The summed E-state index contributed by atoms with van der Waals surface area (Å²) in [6.07, 6.45) is 0.147. The van der Waals surface area contributed by atoms with E-state index in [9.17, 15) is 9.59 Å². The number of hydrogen-bond donors (Lipinski definition) is 1. The molecule has 3 rings (SSSR count). The predicted molar refractivity (Wildman–Crippen MR) is 101 cm³/mol. The lowest BCUT2D eigenvalue weighted by molar-refractivity contribution is -0.116. The number of carbonyl (C=O) groups excluding carboxylic acids is 1. The molecule has 1 amide bonds. The van der Waals surface area contributed by atoms with Crippen LogP contribution in [0, 0.1) is 0 Å². The normalized spacial score (nSPS) is 16.0. The molecule has 0 radical (unpaired) electrons. The molecule has 0 saturated carbocycles. The van der Waals surface area contributed by atoms with E-state index < -0.39 is 5.92 Å². The number of anilines is 1. The molecule has 138 valence electrons. The highest BCUT2D eigenvalue weighted by atomic mass is 32.2. The number of nitrogens with one attached hydrogen (secondary N) is 1. The van der Waals surface area contributed by atoms with E-state index >= 15 is 0 Å². The third kappa shape index (κ3) is 3.05. The van der Waals surface area contributed by atoms with Crippen molar-refractivity contribution in [3.8, 4) is 11.5 Å². The van der Waals surface area contributed by atoms with Gasteiger partial charge >= 0.3 is 0 Å². The topological polar surface area (TPSA) is 82.5 Å². The highest BCUT2D eigenvalue weighted by Crippen LogP contribution is 2.42. The SMILES string of the molecule is CCSc1nc(=O)c2c(n1C)NC(=O)C[C@H]2c1cccc(OC)c1OC. The summed E-state index contributed by atoms with van der Waals surface area (Å²) < 4.78 is 12.6. The Labute approximate surface area is 155 Å². The monoisotopic (exact) mass is 375 g/mol. The lowest BCUT2D eigenvalue weighted by Gasteiger charge is -2.28. The smallest absolute Gasteiger partial charge is 0.279 e. The van der Waals surface area contributed by atoms with E-state index in [0.717, 1.165) is 11.3 Å². The molecule has 1 aromatic carbocycles. The zero-order valence-electron chi connectivity index (χ0n) is 15.2. The number of para-hydroxylation sites is 1. The lowest BCUT2D eigenvalue weighted by Crippen LogP contribution is -2.33. The second-order valence-electron chi connectivity index (χ2n) is 5.84. The number of benzene rings is 1. The molecule has 0 bridgehead atoms. The van der Waals surface area contributed by atoms with Crippen LogP contribution in [0.3, 0.4) is 0 Å². The Morgan fingerprint density at radius 2 is 2.08 bits per heavy atom. The zero-order chi connectivity index (χ0) is 18.8. The van der Waals surface area contributed by atoms with E-state index in [4.69, 9.17) is 9.47 Å². The van der Waals surface area contributed by atoms with Gasteiger partial charge in [0.15, 0.2) is 16.7 Å². The number of thioether (sulfide) groups is 1. The van der Waals surface area contributed by atoms with Crippen molar-refractivity contribution in [2.75, 3.05) is 25.3 Å². The summed E-state index contributed by atoms with van der Waals surface area (Å²) in [5.41, 5.74) is 0.876. The Morgan fingerprint density at radius 1 is 1.31 bits per heavy atom. The summed E-state index contributed by atoms with van der Waals surface area (Å²) in [4.78, 5) is 29.4. The first-order chi connectivity index (χ1) is 12.5. The van der Waals surface area contributed by atoms with Gasteiger partial charge in [-0.2, -0.15) is 4.98 Å². The van der Waals surface area contributed by atoms with Crippen LogP contribution in [0.5, 0.6) is 11.5 Å². The number of hydrogen-bond acceptors (Lipinski definition) is 6. The number of amides is 1. The number of carbonyl (C=O) groups is 1. The number of methoxy groups -OCH3 is 2. The molecule has 7 nitrogen and oxygen atoms in total. The summed E-state index contributed by atoms with van der Waals surface area (Å²) in [6, 6.07) is 5.45. The average molecular weight is 375 g/mol. The highest BCUT2D eigenvalue weighted by Gasteiger charge is 2.34. The number of rotatable bonds is 5. The molecule has 2 aromatic rings. The molecule has 0 aliphatic carbocycles. The third-order valence-corrected chi connectivity index (χ3v) is 5.30. The Bertz CT molecular complexity index is 910. The van der Waals surface area contributed by atoms with E-state index in [1.807, 2.05) is 19.1 Å². The Kier molecular flexibility index (Phi) is 5.22. The number of ether oxygens (including phenoxy) is 2. The zero-order valence-corrected chi connectivity index (χ0v) is 16.0.